The summed E-state index contributed by atoms with van der Waals surface area (Å²) in [4.78, 5) is 14.1. The first-order chi connectivity index (χ1) is 10.6. The van der Waals surface area contributed by atoms with Gasteiger partial charge in [0.15, 0.2) is 0 Å². The Hall–Kier alpha value is -1.85. The number of aromatic nitrogens is 1. The summed E-state index contributed by atoms with van der Waals surface area (Å²) in [7, 11) is 0. The molecule has 2 atom stereocenters. The van der Waals surface area contributed by atoms with E-state index in [2.05, 4.69) is 10.3 Å². The molecule has 1 heterocycles. The molecule has 4 N–H and O–H groups in total. The number of aromatic hydroxyl groups is 1. The second-order valence-electron chi connectivity index (χ2n) is 6.02. The first-order valence-electron chi connectivity index (χ1n) is 7.90. The minimum absolute atomic E-state index is 0.0899. The van der Waals surface area contributed by atoms with E-state index >= 15 is 0 Å². The predicted molar refractivity (Wildman–Crippen MR) is 86.2 cm³/mol. The maximum absolute atomic E-state index is 11.4. The van der Waals surface area contributed by atoms with Crippen molar-refractivity contribution >= 4 is 10.9 Å². The first-order valence-corrected chi connectivity index (χ1v) is 7.90. The van der Waals surface area contributed by atoms with Gasteiger partial charge in [-0.15, -0.1) is 0 Å². The fourth-order valence-corrected chi connectivity index (χ4v) is 3.26. The minimum Gasteiger partial charge on any atom is -0.506 e. The fourth-order valence-electron chi connectivity index (χ4n) is 3.26. The third kappa shape index (κ3) is 3.15. The van der Waals surface area contributed by atoms with Crippen molar-refractivity contribution in [2.75, 3.05) is 6.54 Å². The molecular formula is C17H22N2O3. The van der Waals surface area contributed by atoms with Crippen LogP contribution in [0.15, 0.2) is 29.1 Å². The molecule has 2 aromatic rings. The van der Waals surface area contributed by atoms with Crippen molar-refractivity contribution in [3.63, 3.8) is 0 Å². The lowest BCUT2D eigenvalue weighted by molar-refractivity contribution is 0.0914. The molecule has 0 spiro atoms. The van der Waals surface area contributed by atoms with Gasteiger partial charge in [-0.2, -0.15) is 0 Å². The Morgan fingerprint density at radius 3 is 2.82 bits per heavy atom. The summed E-state index contributed by atoms with van der Waals surface area (Å²) in [6, 6.07) is 6.90. The fraction of sp³-hybridized carbons (Fsp3) is 0.471. The highest BCUT2D eigenvalue weighted by atomic mass is 16.3. The van der Waals surface area contributed by atoms with Gasteiger partial charge < -0.3 is 20.5 Å². The Kier molecular flexibility index (Phi) is 4.45. The number of aliphatic hydroxyl groups is 1. The van der Waals surface area contributed by atoms with Crippen LogP contribution in [0.25, 0.3) is 10.9 Å². The van der Waals surface area contributed by atoms with Gasteiger partial charge >= 0.3 is 0 Å². The van der Waals surface area contributed by atoms with E-state index in [-0.39, 0.29) is 23.5 Å². The highest BCUT2D eigenvalue weighted by Gasteiger charge is 2.22. The van der Waals surface area contributed by atoms with Gasteiger partial charge in [0.05, 0.1) is 11.6 Å². The van der Waals surface area contributed by atoms with Crippen LogP contribution in [0.2, 0.25) is 0 Å². The van der Waals surface area contributed by atoms with Gasteiger partial charge in [-0.25, -0.2) is 0 Å². The molecule has 0 bridgehead atoms. The largest absolute Gasteiger partial charge is 0.506 e. The second-order valence-corrected chi connectivity index (χ2v) is 6.02. The number of nitrogens with one attached hydrogen (secondary N) is 2. The van der Waals surface area contributed by atoms with E-state index in [1.54, 1.807) is 12.1 Å². The Balaban J connectivity index is 1.71. The summed E-state index contributed by atoms with van der Waals surface area (Å²) in [5.41, 5.74) is 1.34. The number of rotatable bonds is 4. The quantitative estimate of drug-likeness (QED) is 0.692. The standard InChI is InChI=1S/C17H22N2O3/c20-14-4-2-1-3-13(14)18-10-9-11-5-7-15(21)17-12(11)6-8-16(22)19-17/h5-8,13-14,18,20-21H,1-4,9-10H2,(H,19,22). The van der Waals surface area contributed by atoms with Crippen molar-refractivity contribution in [2.24, 2.45) is 0 Å². The molecule has 3 rings (SSSR count). The van der Waals surface area contributed by atoms with E-state index < -0.39 is 0 Å². The molecule has 1 aromatic heterocycles. The number of hydrogen-bond acceptors (Lipinski definition) is 4. The highest BCUT2D eigenvalue weighted by molar-refractivity contribution is 5.87. The summed E-state index contributed by atoms with van der Waals surface area (Å²) >= 11 is 0. The van der Waals surface area contributed by atoms with Crippen molar-refractivity contribution in [1.82, 2.24) is 10.3 Å². The molecule has 0 saturated heterocycles. The molecule has 1 fully saturated rings. The van der Waals surface area contributed by atoms with Gasteiger partial charge in [0.1, 0.15) is 5.75 Å². The smallest absolute Gasteiger partial charge is 0.248 e. The molecule has 1 aliphatic carbocycles. The molecule has 22 heavy (non-hydrogen) atoms. The zero-order valence-electron chi connectivity index (χ0n) is 12.5. The van der Waals surface area contributed by atoms with E-state index in [1.807, 2.05) is 6.07 Å². The zero-order chi connectivity index (χ0) is 15.5. The monoisotopic (exact) mass is 302 g/mol. The molecule has 1 aliphatic rings. The van der Waals surface area contributed by atoms with Gasteiger partial charge in [-0.3, -0.25) is 4.79 Å². The summed E-state index contributed by atoms with van der Waals surface area (Å²) < 4.78 is 0. The molecule has 5 heteroatoms. The van der Waals surface area contributed by atoms with Crippen LogP contribution in [-0.4, -0.2) is 33.9 Å². The van der Waals surface area contributed by atoms with Crippen molar-refractivity contribution in [3.8, 4) is 5.75 Å². The van der Waals surface area contributed by atoms with Crippen LogP contribution >= 0.6 is 0 Å². The summed E-state index contributed by atoms with van der Waals surface area (Å²) in [6.07, 6.45) is 4.70. The van der Waals surface area contributed by atoms with Crippen LogP contribution in [0.1, 0.15) is 31.2 Å². The number of aromatic amines is 1. The van der Waals surface area contributed by atoms with Gasteiger partial charge in [-0.1, -0.05) is 18.9 Å². The lowest BCUT2D eigenvalue weighted by atomic mass is 9.92. The topological polar surface area (TPSA) is 85.3 Å². The molecule has 1 saturated carbocycles. The van der Waals surface area contributed by atoms with Crippen LogP contribution in [0.5, 0.6) is 5.75 Å². The molecule has 5 nitrogen and oxygen atoms in total. The number of fused-ring (bicyclic) bond motifs is 1. The summed E-state index contributed by atoms with van der Waals surface area (Å²) in [5.74, 6) is 0.0899. The third-order valence-corrected chi connectivity index (χ3v) is 4.49. The zero-order valence-corrected chi connectivity index (χ0v) is 12.5. The first kappa shape index (κ1) is 15.1. The number of benzene rings is 1. The predicted octanol–water partition coefficient (Wildman–Crippen LogP) is 1.67. The Morgan fingerprint density at radius 2 is 2.00 bits per heavy atom. The third-order valence-electron chi connectivity index (χ3n) is 4.49. The van der Waals surface area contributed by atoms with E-state index in [9.17, 15) is 15.0 Å². The molecule has 2 unspecified atom stereocenters. The average molecular weight is 302 g/mol. The molecule has 118 valence electrons. The maximum atomic E-state index is 11.4. The van der Waals surface area contributed by atoms with Crippen molar-refractivity contribution in [2.45, 2.75) is 44.2 Å². The van der Waals surface area contributed by atoms with Crippen molar-refractivity contribution in [3.05, 3.63) is 40.2 Å². The van der Waals surface area contributed by atoms with Gasteiger partial charge in [0.2, 0.25) is 5.56 Å². The van der Waals surface area contributed by atoms with Crippen LogP contribution < -0.4 is 10.9 Å². The number of pyridine rings is 1. The van der Waals surface area contributed by atoms with Crippen LogP contribution in [0, 0.1) is 0 Å². The number of H-pyrrole nitrogens is 1. The lowest BCUT2D eigenvalue weighted by Gasteiger charge is -2.28. The van der Waals surface area contributed by atoms with E-state index in [1.165, 1.54) is 6.07 Å². The van der Waals surface area contributed by atoms with E-state index in [0.29, 0.717) is 5.52 Å². The number of hydrogen-bond donors (Lipinski definition) is 4. The van der Waals surface area contributed by atoms with E-state index in [0.717, 1.165) is 49.6 Å². The van der Waals surface area contributed by atoms with Gasteiger partial charge in [0, 0.05) is 17.5 Å². The highest BCUT2D eigenvalue weighted by Crippen LogP contribution is 2.25. The van der Waals surface area contributed by atoms with Crippen LogP contribution in [0.4, 0.5) is 0 Å². The molecule has 0 amide bonds. The molecular weight excluding hydrogens is 280 g/mol. The van der Waals surface area contributed by atoms with Crippen molar-refractivity contribution in [1.29, 1.82) is 0 Å². The molecule has 0 aliphatic heterocycles. The SMILES string of the molecule is O=c1ccc2c(CCNC3CCCCC3O)ccc(O)c2[nH]1. The molecule has 0 radical (unpaired) electrons. The molecule has 1 aromatic carbocycles. The number of phenols is 1. The Labute approximate surface area is 129 Å². The van der Waals surface area contributed by atoms with Crippen molar-refractivity contribution < 1.29 is 10.2 Å². The van der Waals surface area contributed by atoms with Crippen LogP contribution in [0.3, 0.4) is 0 Å². The second kappa shape index (κ2) is 6.50. The van der Waals surface area contributed by atoms with Gasteiger partial charge in [0.25, 0.3) is 0 Å². The maximum Gasteiger partial charge on any atom is 0.248 e. The lowest BCUT2D eigenvalue weighted by Crippen LogP contribution is -2.42. The summed E-state index contributed by atoms with van der Waals surface area (Å²) in [5, 5.41) is 24.1. The summed E-state index contributed by atoms with van der Waals surface area (Å²) in [6.45, 7) is 0.765. The number of phenolic OH excluding ortho intramolecular Hbond substituents is 1. The Morgan fingerprint density at radius 1 is 1.18 bits per heavy atom. The average Bonchev–Trinajstić information content (AvgIpc) is 2.52. The number of aliphatic hydroxyl groups excluding tert-OH is 1. The van der Waals surface area contributed by atoms with Gasteiger partial charge in [-0.05, 0) is 43.5 Å². The van der Waals surface area contributed by atoms with E-state index in [4.69, 9.17) is 0 Å². The normalized spacial score (nSPS) is 22.0. The Bertz CT molecular complexity index is 711. The minimum atomic E-state index is -0.248. The van der Waals surface area contributed by atoms with Crippen LogP contribution in [-0.2, 0) is 6.42 Å².